The molecule has 2 N–H and O–H groups in total. The minimum Gasteiger partial charge on any atom is -0.399 e. The van der Waals surface area contributed by atoms with Gasteiger partial charge < -0.3 is 10.3 Å². The summed E-state index contributed by atoms with van der Waals surface area (Å²) in [5.74, 6) is 0. The molecule has 0 radical (unpaired) electrons. The molecular formula is C21H12F12N2O. The van der Waals surface area contributed by atoms with Crippen LogP contribution in [0.4, 0.5) is 58.4 Å². The highest BCUT2D eigenvalue weighted by molar-refractivity contribution is 5.74. The van der Waals surface area contributed by atoms with Crippen LogP contribution in [-0.4, -0.2) is 10.9 Å². The van der Waals surface area contributed by atoms with E-state index in [0.717, 1.165) is 10.8 Å². The number of hydrogen-bond donors (Lipinski definition) is 1. The fourth-order valence-electron chi connectivity index (χ4n) is 2.71. The monoisotopic (exact) mass is 536 g/mol. The molecule has 1 aromatic heterocycles. The van der Waals surface area contributed by atoms with E-state index >= 15 is 0 Å². The Hall–Kier alpha value is -3.65. The number of aromatic nitrogens is 1. The van der Waals surface area contributed by atoms with Gasteiger partial charge in [0.2, 0.25) is 0 Å². The number of nitrogens with zero attached hydrogens (tertiary/aromatic N) is 1. The molecule has 0 bridgehead atoms. The number of benzene rings is 2. The topological polar surface area (TPSA) is 48.0 Å². The van der Waals surface area contributed by atoms with Gasteiger partial charge in [-0.3, -0.25) is 4.79 Å². The predicted molar refractivity (Wildman–Crippen MR) is 102 cm³/mol. The zero-order chi connectivity index (χ0) is 27.7. The Kier molecular flexibility index (Phi) is 7.76. The number of halogens is 12. The highest BCUT2D eigenvalue weighted by atomic mass is 19.4. The molecule has 0 aliphatic rings. The summed E-state index contributed by atoms with van der Waals surface area (Å²) in [6, 6.07) is 3.43. The van der Waals surface area contributed by atoms with Crippen molar-refractivity contribution in [2.24, 2.45) is 0 Å². The summed E-state index contributed by atoms with van der Waals surface area (Å²) in [4.78, 5) is 10.5. The normalized spacial score (nSPS) is 12.7. The van der Waals surface area contributed by atoms with Crippen LogP contribution in [0.1, 0.15) is 32.6 Å². The highest BCUT2D eigenvalue weighted by Crippen LogP contribution is 2.38. The number of rotatable bonds is 2. The molecule has 0 aliphatic carbocycles. The molecule has 3 rings (SSSR count). The number of anilines is 1. The van der Waals surface area contributed by atoms with Gasteiger partial charge >= 0.3 is 24.7 Å². The van der Waals surface area contributed by atoms with Gasteiger partial charge in [-0.1, -0.05) is 0 Å². The second kappa shape index (κ2) is 9.78. The predicted octanol–water partition coefficient (Wildman–Crippen LogP) is 7.63. The van der Waals surface area contributed by atoms with Gasteiger partial charge in [-0.05, 0) is 42.5 Å². The second-order valence-corrected chi connectivity index (χ2v) is 7.07. The molecule has 36 heavy (non-hydrogen) atoms. The molecule has 0 aliphatic heterocycles. The van der Waals surface area contributed by atoms with Crippen LogP contribution in [0.15, 0.2) is 54.9 Å². The molecule has 2 aromatic carbocycles. The standard InChI is InChI=1S/C13H7F6NO.C8H5F6N/c14-12(15,16)9-3-10(13(17,18)19)5-11(4-9)20-2-1-8(6-20)7-21;9-7(10,11)4-1-5(8(12,13)14)3-6(15)2-4/h1-7H;1-3H,15H2. The summed E-state index contributed by atoms with van der Waals surface area (Å²) in [7, 11) is 0. The number of carbonyl (C=O) groups excluding carboxylic acids is 1. The summed E-state index contributed by atoms with van der Waals surface area (Å²) in [6.07, 6.45) is -16.7. The summed E-state index contributed by atoms with van der Waals surface area (Å²) in [5.41, 5.74) is -1.44. The van der Waals surface area contributed by atoms with E-state index < -0.39 is 52.6 Å². The van der Waals surface area contributed by atoms with Crippen molar-refractivity contribution in [2.45, 2.75) is 24.7 Å². The minimum absolute atomic E-state index is 0.0242. The van der Waals surface area contributed by atoms with Crippen LogP contribution in [0.3, 0.4) is 0 Å². The zero-order valence-corrected chi connectivity index (χ0v) is 17.2. The Bertz CT molecular complexity index is 1150. The first kappa shape index (κ1) is 28.6. The molecule has 0 spiro atoms. The number of hydrogen-bond acceptors (Lipinski definition) is 2. The molecular weight excluding hydrogens is 524 g/mol. The second-order valence-electron chi connectivity index (χ2n) is 7.07. The van der Waals surface area contributed by atoms with E-state index in [-0.39, 0.29) is 23.4 Å². The Balaban J connectivity index is 0.000000269. The van der Waals surface area contributed by atoms with Crippen LogP contribution >= 0.6 is 0 Å². The summed E-state index contributed by atoms with van der Waals surface area (Å²) < 4.78 is 150. The Morgan fingerprint density at radius 1 is 0.611 bits per heavy atom. The molecule has 196 valence electrons. The maximum Gasteiger partial charge on any atom is 0.416 e. The SMILES string of the molecule is Nc1cc(C(F)(F)F)cc(C(F)(F)F)c1.O=Cc1ccn(-c2cc(C(F)(F)F)cc(C(F)(F)F)c2)c1. The van der Waals surface area contributed by atoms with Crippen molar-refractivity contribution in [1.29, 1.82) is 0 Å². The number of carbonyl (C=O) groups is 1. The Labute approximate surface area is 193 Å². The van der Waals surface area contributed by atoms with Crippen LogP contribution < -0.4 is 5.73 Å². The molecule has 1 heterocycles. The van der Waals surface area contributed by atoms with Gasteiger partial charge in [-0.25, -0.2) is 0 Å². The quantitative estimate of drug-likeness (QED) is 0.208. The van der Waals surface area contributed by atoms with Crippen LogP contribution in [0.2, 0.25) is 0 Å². The van der Waals surface area contributed by atoms with Gasteiger partial charge in [0.15, 0.2) is 6.29 Å². The molecule has 0 unspecified atom stereocenters. The molecule has 0 fully saturated rings. The van der Waals surface area contributed by atoms with E-state index in [1.54, 1.807) is 0 Å². The third-order valence-electron chi connectivity index (χ3n) is 4.33. The Morgan fingerprint density at radius 3 is 1.28 bits per heavy atom. The van der Waals surface area contributed by atoms with Gasteiger partial charge in [0, 0.05) is 29.3 Å². The van der Waals surface area contributed by atoms with Crippen molar-refractivity contribution in [3.8, 4) is 5.69 Å². The molecule has 0 saturated heterocycles. The lowest BCUT2D eigenvalue weighted by Gasteiger charge is -2.14. The van der Waals surface area contributed by atoms with E-state index in [1.165, 1.54) is 12.3 Å². The minimum atomic E-state index is -4.91. The van der Waals surface area contributed by atoms with E-state index in [4.69, 9.17) is 5.73 Å². The van der Waals surface area contributed by atoms with Crippen molar-refractivity contribution >= 4 is 12.0 Å². The summed E-state index contributed by atoms with van der Waals surface area (Å²) in [6.45, 7) is 0. The summed E-state index contributed by atoms with van der Waals surface area (Å²) in [5, 5.41) is 0. The van der Waals surface area contributed by atoms with E-state index in [2.05, 4.69) is 0 Å². The zero-order valence-electron chi connectivity index (χ0n) is 17.2. The largest absolute Gasteiger partial charge is 0.416 e. The van der Waals surface area contributed by atoms with Crippen molar-refractivity contribution in [3.63, 3.8) is 0 Å². The molecule has 0 atom stereocenters. The average molecular weight is 536 g/mol. The molecule has 3 aromatic rings. The number of alkyl halides is 12. The van der Waals surface area contributed by atoms with Crippen LogP contribution in [0.25, 0.3) is 5.69 Å². The summed E-state index contributed by atoms with van der Waals surface area (Å²) >= 11 is 0. The number of nitrogens with two attached hydrogens (primary N) is 1. The van der Waals surface area contributed by atoms with E-state index in [9.17, 15) is 57.5 Å². The first-order chi connectivity index (χ1) is 16.2. The number of nitrogen functional groups attached to an aromatic ring is 1. The van der Waals surface area contributed by atoms with Crippen LogP contribution in [0.5, 0.6) is 0 Å². The third kappa shape index (κ3) is 7.42. The van der Waals surface area contributed by atoms with Crippen molar-refractivity contribution in [2.75, 3.05) is 5.73 Å². The fourth-order valence-corrected chi connectivity index (χ4v) is 2.71. The smallest absolute Gasteiger partial charge is 0.399 e. The van der Waals surface area contributed by atoms with E-state index in [0.29, 0.717) is 30.6 Å². The third-order valence-corrected chi connectivity index (χ3v) is 4.33. The van der Waals surface area contributed by atoms with Gasteiger partial charge in [0.1, 0.15) is 0 Å². The molecule has 0 amide bonds. The fraction of sp³-hybridized carbons (Fsp3) is 0.190. The van der Waals surface area contributed by atoms with Crippen LogP contribution in [-0.2, 0) is 24.7 Å². The Morgan fingerprint density at radius 2 is 0.972 bits per heavy atom. The first-order valence-corrected chi connectivity index (χ1v) is 9.20. The van der Waals surface area contributed by atoms with Gasteiger partial charge in [-0.15, -0.1) is 0 Å². The van der Waals surface area contributed by atoms with Gasteiger partial charge in [0.05, 0.1) is 22.3 Å². The van der Waals surface area contributed by atoms with E-state index in [1.807, 2.05) is 0 Å². The lowest BCUT2D eigenvalue weighted by Crippen LogP contribution is -2.12. The molecule has 3 nitrogen and oxygen atoms in total. The highest BCUT2D eigenvalue weighted by Gasteiger charge is 2.38. The van der Waals surface area contributed by atoms with Crippen LogP contribution in [0, 0.1) is 0 Å². The van der Waals surface area contributed by atoms with Gasteiger partial charge in [-0.2, -0.15) is 52.7 Å². The molecule has 0 saturated carbocycles. The first-order valence-electron chi connectivity index (χ1n) is 9.20. The maximum absolute atomic E-state index is 12.7. The van der Waals surface area contributed by atoms with Crippen molar-refractivity contribution < 1.29 is 57.5 Å². The van der Waals surface area contributed by atoms with Crippen molar-refractivity contribution in [3.05, 3.63) is 82.7 Å². The lowest BCUT2D eigenvalue weighted by molar-refractivity contribution is -0.144. The average Bonchev–Trinajstić information content (AvgIpc) is 3.20. The van der Waals surface area contributed by atoms with Gasteiger partial charge in [0.25, 0.3) is 0 Å². The molecule has 15 heteroatoms. The lowest BCUT2D eigenvalue weighted by atomic mass is 10.1. The maximum atomic E-state index is 12.7. The number of aldehydes is 1. The van der Waals surface area contributed by atoms with Crippen molar-refractivity contribution in [1.82, 2.24) is 4.57 Å².